The van der Waals surface area contributed by atoms with E-state index in [1.807, 2.05) is 38.2 Å². The molecule has 1 atom stereocenters. The lowest BCUT2D eigenvalue weighted by atomic mass is 9.98. The predicted molar refractivity (Wildman–Crippen MR) is 168 cm³/mol. The number of H-pyrrole nitrogens is 2. The highest BCUT2D eigenvalue weighted by atomic mass is 16.4. The first-order valence-electron chi connectivity index (χ1n) is 14.0. The third-order valence-corrected chi connectivity index (χ3v) is 8.47. The fourth-order valence-electron chi connectivity index (χ4n) is 6.02. The first kappa shape index (κ1) is 28.7. The molecule has 5 rings (SSSR count). The van der Waals surface area contributed by atoms with E-state index in [-0.39, 0.29) is 18.9 Å². The van der Waals surface area contributed by atoms with E-state index in [1.54, 1.807) is 0 Å². The first-order valence-corrected chi connectivity index (χ1v) is 14.0. The second-order valence-corrected chi connectivity index (χ2v) is 10.9. The summed E-state index contributed by atoms with van der Waals surface area (Å²) in [7, 11) is 0. The summed E-state index contributed by atoms with van der Waals surface area (Å²) < 4.78 is 0. The fraction of sp³-hybridized carbons (Fsp3) is 0.265. The SMILES string of the molecule is C=CC1=C(C)C2=Cc3[nH]c(c(CCC(=O)O)c3C)C=C3N=C(C=c4[nH]c(c(C)c4C=C)=CC1N2)C(C)=C3CCC(=O)O. The van der Waals surface area contributed by atoms with Crippen molar-refractivity contribution in [2.24, 2.45) is 4.99 Å². The fourth-order valence-corrected chi connectivity index (χ4v) is 6.02. The Morgan fingerprint density at radius 3 is 2.26 bits per heavy atom. The Morgan fingerprint density at radius 1 is 0.881 bits per heavy atom. The summed E-state index contributed by atoms with van der Waals surface area (Å²) in [6.45, 7) is 16.2. The molecule has 0 aliphatic carbocycles. The van der Waals surface area contributed by atoms with Gasteiger partial charge in [0, 0.05) is 46.2 Å². The number of hydrogen-bond donors (Lipinski definition) is 5. The van der Waals surface area contributed by atoms with Crippen LogP contribution in [0.3, 0.4) is 0 Å². The monoisotopic (exact) mass is 564 g/mol. The molecule has 0 radical (unpaired) electrons. The molecule has 3 aliphatic heterocycles. The molecule has 0 fully saturated rings. The van der Waals surface area contributed by atoms with Crippen molar-refractivity contribution >= 4 is 48.0 Å². The Balaban J connectivity index is 1.82. The van der Waals surface area contributed by atoms with Gasteiger partial charge in [-0.15, -0.1) is 0 Å². The van der Waals surface area contributed by atoms with Crippen molar-refractivity contribution in [3.63, 3.8) is 0 Å². The summed E-state index contributed by atoms with van der Waals surface area (Å²) in [5, 5.41) is 24.4. The van der Waals surface area contributed by atoms with Crippen LogP contribution in [0.15, 0.2) is 57.9 Å². The molecule has 5 heterocycles. The van der Waals surface area contributed by atoms with Crippen LogP contribution in [0.1, 0.15) is 66.8 Å². The number of aliphatic imine (C=N–C) groups is 1. The second kappa shape index (κ2) is 11.2. The molecule has 216 valence electrons. The Morgan fingerprint density at radius 2 is 1.60 bits per heavy atom. The molecule has 8 heteroatoms. The number of nitrogens with one attached hydrogen (secondary N) is 3. The lowest BCUT2D eigenvalue weighted by Crippen LogP contribution is -2.25. The number of fused-ring (bicyclic) bond motifs is 7. The van der Waals surface area contributed by atoms with Crippen LogP contribution in [-0.2, 0) is 16.0 Å². The van der Waals surface area contributed by atoms with Crippen LogP contribution >= 0.6 is 0 Å². The van der Waals surface area contributed by atoms with Gasteiger partial charge < -0.3 is 25.5 Å². The zero-order chi connectivity index (χ0) is 30.3. The maximum absolute atomic E-state index is 11.5. The van der Waals surface area contributed by atoms with Gasteiger partial charge in [0.25, 0.3) is 0 Å². The zero-order valence-corrected chi connectivity index (χ0v) is 24.4. The number of allylic oxidation sites excluding steroid dienone is 3. The average molecular weight is 565 g/mol. The van der Waals surface area contributed by atoms with E-state index in [1.165, 1.54) is 0 Å². The van der Waals surface area contributed by atoms with Gasteiger partial charge >= 0.3 is 11.9 Å². The van der Waals surface area contributed by atoms with Gasteiger partial charge in [-0.3, -0.25) is 9.59 Å². The van der Waals surface area contributed by atoms with E-state index in [4.69, 9.17) is 4.99 Å². The number of hydrogen-bond acceptors (Lipinski definition) is 4. The summed E-state index contributed by atoms with van der Waals surface area (Å²) in [5.41, 5.74) is 11.8. The van der Waals surface area contributed by atoms with Crippen LogP contribution in [-0.4, -0.2) is 43.9 Å². The molecule has 0 saturated carbocycles. The predicted octanol–water partition coefficient (Wildman–Crippen LogP) is 4.69. The molecule has 5 N–H and O–H groups in total. The van der Waals surface area contributed by atoms with Gasteiger partial charge in [-0.2, -0.15) is 0 Å². The van der Waals surface area contributed by atoms with E-state index in [0.717, 1.165) is 78.0 Å². The molecular formula is C34H36N4O4. The molecule has 2 aromatic heterocycles. The molecule has 3 aliphatic rings. The number of nitrogens with zero attached hydrogens (tertiary/aromatic N) is 1. The summed E-state index contributed by atoms with van der Waals surface area (Å²) >= 11 is 0. The van der Waals surface area contributed by atoms with E-state index >= 15 is 0 Å². The topological polar surface area (TPSA) is 131 Å². The molecule has 1 unspecified atom stereocenters. The van der Waals surface area contributed by atoms with Gasteiger partial charge in [0.2, 0.25) is 0 Å². The van der Waals surface area contributed by atoms with E-state index in [2.05, 4.69) is 54.4 Å². The summed E-state index contributed by atoms with van der Waals surface area (Å²) in [5.74, 6) is -1.75. The quantitative estimate of drug-likeness (QED) is 0.318. The van der Waals surface area contributed by atoms with Gasteiger partial charge in [-0.05, 0) is 104 Å². The molecule has 0 saturated heterocycles. The van der Waals surface area contributed by atoms with Crippen molar-refractivity contribution < 1.29 is 19.8 Å². The smallest absolute Gasteiger partial charge is 0.303 e. The number of rotatable bonds is 8. The van der Waals surface area contributed by atoms with Crippen LogP contribution in [0.4, 0.5) is 0 Å². The maximum atomic E-state index is 11.5. The van der Waals surface area contributed by atoms with E-state index in [0.29, 0.717) is 18.5 Å². The molecule has 0 aromatic carbocycles. The van der Waals surface area contributed by atoms with Gasteiger partial charge in [0.1, 0.15) is 0 Å². The minimum absolute atomic E-state index is 0.0125. The van der Waals surface area contributed by atoms with Gasteiger partial charge in [-0.1, -0.05) is 25.3 Å². The number of carboxylic acids is 2. The summed E-state index contributed by atoms with van der Waals surface area (Å²) in [6, 6.07) is -0.106. The van der Waals surface area contributed by atoms with Crippen LogP contribution in [0.5, 0.6) is 0 Å². The minimum Gasteiger partial charge on any atom is -0.481 e. The van der Waals surface area contributed by atoms with Gasteiger partial charge in [0.05, 0.1) is 17.5 Å². The first-order chi connectivity index (χ1) is 20.0. The number of carboxylic acid groups (broad SMARTS) is 2. The highest BCUT2D eigenvalue weighted by molar-refractivity contribution is 6.23. The highest BCUT2D eigenvalue weighted by Crippen LogP contribution is 2.34. The molecule has 0 amide bonds. The summed E-state index contributed by atoms with van der Waals surface area (Å²) in [6.07, 6.45) is 12.5. The largest absolute Gasteiger partial charge is 0.481 e. The Hall–Kier alpha value is -4.85. The minimum atomic E-state index is -0.878. The molecule has 8 nitrogen and oxygen atoms in total. The lowest BCUT2D eigenvalue weighted by Gasteiger charge is -2.09. The third-order valence-electron chi connectivity index (χ3n) is 8.47. The zero-order valence-electron chi connectivity index (χ0n) is 24.4. The molecule has 0 spiro atoms. The van der Waals surface area contributed by atoms with Crippen molar-refractivity contribution in [1.82, 2.24) is 15.3 Å². The lowest BCUT2D eigenvalue weighted by molar-refractivity contribution is -0.138. The molecule has 42 heavy (non-hydrogen) atoms. The van der Waals surface area contributed by atoms with Crippen molar-refractivity contribution in [3.05, 3.63) is 97.3 Å². The van der Waals surface area contributed by atoms with Gasteiger partial charge in [0.15, 0.2) is 0 Å². The molecule has 8 bridgehead atoms. The van der Waals surface area contributed by atoms with E-state index in [9.17, 15) is 19.8 Å². The highest BCUT2D eigenvalue weighted by Gasteiger charge is 2.26. The number of carbonyl (C=O) groups is 2. The number of aromatic amines is 2. The van der Waals surface area contributed by atoms with Crippen molar-refractivity contribution in [3.8, 4) is 0 Å². The Bertz CT molecular complexity index is 1830. The van der Waals surface area contributed by atoms with Crippen molar-refractivity contribution in [2.75, 3.05) is 0 Å². The standard InChI is InChI=1S/C34H36N4O4/c1-7-21-17(3)25-13-26-19(5)23(9-11-33(39)40)31(37-26)16-32-24(10-12-34(41)42)20(6)28(38-32)15-30-22(8-2)18(4)27(36-30)14-29(21)35-25/h7-8,13-16,29,35-37H,1-2,9-12H2,3-6H3,(H,39,40)(H,41,42). The molecule has 2 aromatic rings. The number of aliphatic carboxylic acids is 2. The third kappa shape index (κ3) is 5.16. The van der Waals surface area contributed by atoms with Crippen molar-refractivity contribution in [2.45, 2.75) is 59.4 Å². The number of aromatic nitrogens is 2. The van der Waals surface area contributed by atoms with Crippen molar-refractivity contribution in [1.29, 1.82) is 0 Å². The molecular weight excluding hydrogens is 528 g/mol. The second-order valence-electron chi connectivity index (χ2n) is 10.9. The maximum Gasteiger partial charge on any atom is 0.303 e. The van der Waals surface area contributed by atoms with Crippen LogP contribution in [0.25, 0.3) is 30.4 Å². The average Bonchev–Trinajstić information content (AvgIpc) is 3.59. The summed E-state index contributed by atoms with van der Waals surface area (Å²) in [4.78, 5) is 35.1. The van der Waals surface area contributed by atoms with Crippen LogP contribution in [0, 0.1) is 13.8 Å². The Labute approximate surface area is 244 Å². The van der Waals surface area contributed by atoms with E-state index < -0.39 is 11.9 Å². The van der Waals surface area contributed by atoms with Gasteiger partial charge in [-0.25, -0.2) is 4.99 Å². The Kier molecular flexibility index (Phi) is 7.65. The van der Waals surface area contributed by atoms with Crippen LogP contribution in [0.2, 0.25) is 0 Å². The normalized spacial score (nSPS) is 17.6. The van der Waals surface area contributed by atoms with Crippen LogP contribution < -0.4 is 16.0 Å².